The molecular weight excluding hydrogens is 232 g/mol. The summed E-state index contributed by atoms with van der Waals surface area (Å²) in [6.45, 7) is 6.13. The van der Waals surface area contributed by atoms with Crippen LogP contribution in [0.4, 0.5) is 5.69 Å². The Bertz CT molecular complexity index is 545. The topological polar surface area (TPSA) is 87.8 Å². The Balaban J connectivity index is 2.93. The van der Waals surface area contributed by atoms with Crippen LogP contribution in [0.1, 0.15) is 0 Å². The van der Waals surface area contributed by atoms with Crippen molar-refractivity contribution in [2.75, 3.05) is 11.9 Å². The fourth-order valence-corrected chi connectivity index (χ4v) is 1.53. The molecule has 0 heterocycles. The highest BCUT2D eigenvalue weighted by Gasteiger charge is 2.11. The first-order valence-electron chi connectivity index (χ1n) is 4.14. The van der Waals surface area contributed by atoms with E-state index in [1.54, 1.807) is 0 Å². The van der Waals surface area contributed by atoms with Crippen molar-refractivity contribution in [1.29, 1.82) is 0 Å². The zero-order chi connectivity index (χ0) is 12.2. The number of carbonyl (C=O) groups excluding carboxylic acids is 1. The molecule has 0 atom stereocenters. The number of nitrogens with zero attached hydrogens (tertiary/aromatic N) is 1. The van der Waals surface area contributed by atoms with Crippen molar-refractivity contribution in [3.05, 3.63) is 35.7 Å². The molecule has 1 aromatic rings. The number of amides is 1. The predicted octanol–water partition coefficient (Wildman–Crippen LogP) is 0.791. The molecule has 0 saturated heterocycles. The number of rotatable bonds is 3. The molecule has 1 aromatic carbocycles. The molecule has 84 valence electrons. The second-order valence-electron chi connectivity index (χ2n) is 2.87. The smallest absolute Gasteiger partial charge is 0.304 e. The molecule has 7 heteroatoms. The van der Waals surface area contributed by atoms with Gasteiger partial charge in [-0.05, 0) is 18.2 Å². The lowest BCUT2D eigenvalue weighted by Crippen LogP contribution is -2.14. The second-order valence-corrected chi connectivity index (χ2v) is 4.29. The summed E-state index contributed by atoms with van der Waals surface area (Å²) < 4.78 is 30.3. The van der Waals surface area contributed by atoms with Crippen molar-refractivity contribution in [2.45, 2.75) is 4.90 Å². The highest BCUT2D eigenvalue weighted by atomic mass is 32.2. The second kappa shape index (κ2) is 4.74. The lowest BCUT2D eigenvalue weighted by molar-refractivity contribution is -0.114. The van der Waals surface area contributed by atoms with Crippen LogP contribution >= 0.6 is 0 Å². The van der Waals surface area contributed by atoms with E-state index in [9.17, 15) is 13.2 Å². The van der Waals surface area contributed by atoms with Crippen LogP contribution in [0.3, 0.4) is 0 Å². The van der Waals surface area contributed by atoms with Crippen LogP contribution in [0.5, 0.6) is 0 Å². The first-order chi connectivity index (χ1) is 7.43. The van der Waals surface area contributed by atoms with Gasteiger partial charge >= 0.3 is 5.91 Å². The third kappa shape index (κ3) is 3.34. The standard InChI is InChI=1S/C9H8N2O4S/c1-10-6-9(12)11-7-3-2-4-8(5-7)16(13,14)15/h2-5H,6H2,(H,11,12)(H,13,14,15). The van der Waals surface area contributed by atoms with E-state index in [-0.39, 0.29) is 17.1 Å². The molecule has 0 aliphatic carbocycles. The summed E-state index contributed by atoms with van der Waals surface area (Å²) in [6, 6.07) is 5.13. The Morgan fingerprint density at radius 2 is 2.19 bits per heavy atom. The van der Waals surface area contributed by atoms with Crippen LogP contribution in [0.15, 0.2) is 29.2 Å². The van der Waals surface area contributed by atoms with Crippen molar-refractivity contribution in [2.24, 2.45) is 0 Å². The Hall–Kier alpha value is -1.91. The Labute approximate surface area is 92.5 Å². The monoisotopic (exact) mass is 240 g/mol. The molecule has 6 nitrogen and oxygen atoms in total. The molecule has 1 amide bonds. The van der Waals surface area contributed by atoms with Crippen LogP contribution in [0, 0.1) is 6.57 Å². The molecule has 0 aliphatic rings. The Morgan fingerprint density at radius 1 is 1.50 bits per heavy atom. The zero-order valence-corrected chi connectivity index (χ0v) is 8.86. The van der Waals surface area contributed by atoms with Crippen LogP contribution in [0.25, 0.3) is 4.85 Å². The van der Waals surface area contributed by atoms with E-state index in [0.717, 1.165) is 6.07 Å². The summed E-state index contributed by atoms with van der Waals surface area (Å²) in [7, 11) is -4.29. The van der Waals surface area contributed by atoms with E-state index in [1.165, 1.54) is 18.2 Å². The van der Waals surface area contributed by atoms with Gasteiger partial charge in [-0.2, -0.15) is 8.42 Å². The van der Waals surface area contributed by atoms with Crippen molar-refractivity contribution in [3.8, 4) is 0 Å². The van der Waals surface area contributed by atoms with Crippen LogP contribution < -0.4 is 5.32 Å². The minimum absolute atomic E-state index is 0.212. The molecule has 0 aromatic heterocycles. The quantitative estimate of drug-likeness (QED) is 0.604. The molecule has 0 bridgehead atoms. The van der Waals surface area contributed by atoms with E-state index in [2.05, 4.69) is 10.2 Å². The number of carbonyl (C=O) groups is 1. The molecule has 2 N–H and O–H groups in total. The van der Waals surface area contributed by atoms with Crippen molar-refractivity contribution < 1.29 is 17.8 Å². The van der Waals surface area contributed by atoms with Gasteiger partial charge in [-0.15, -0.1) is 0 Å². The normalized spacial score (nSPS) is 10.5. The Kier molecular flexibility index (Phi) is 3.60. The molecule has 0 saturated carbocycles. The van der Waals surface area contributed by atoms with E-state index in [1.807, 2.05) is 0 Å². The molecule has 0 unspecified atom stereocenters. The number of hydrogen-bond donors (Lipinski definition) is 2. The van der Waals surface area contributed by atoms with Gasteiger partial charge in [0.1, 0.15) is 0 Å². The highest BCUT2D eigenvalue weighted by Crippen LogP contribution is 2.14. The van der Waals surface area contributed by atoms with E-state index < -0.39 is 16.0 Å². The summed E-state index contributed by atoms with van der Waals surface area (Å²) >= 11 is 0. The largest absolute Gasteiger partial charge is 0.320 e. The average Bonchev–Trinajstić information content (AvgIpc) is 2.17. The molecule has 16 heavy (non-hydrogen) atoms. The maximum atomic E-state index is 11.0. The van der Waals surface area contributed by atoms with Gasteiger partial charge in [0, 0.05) is 5.69 Å². The highest BCUT2D eigenvalue weighted by molar-refractivity contribution is 7.85. The Morgan fingerprint density at radius 3 is 2.75 bits per heavy atom. The minimum atomic E-state index is -4.29. The van der Waals surface area contributed by atoms with Crippen molar-refractivity contribution in [1.82, 2.24) is 0 Å². The molecule has 1 rings (SSSR count). The molecular formula is C9H8N2O4S. The summed E-state index contributed by atoms with van der Waals surface area (Å²) in [5.41, 5.74) is 0.212. The van der Waals surface area contributed by atoms with Crippen molar-refractivity contribution >= 4 is 21.7 Å². The maximum Gasteiger partial charge on any atom is 0.304 e. The number of hydrogen-bond acceptors (Lipinski definition) is 3. The third-order valence-electron chi connectivity index (χ3n) is 1.64. The average molecular weight is 240 g/mol. The minimum Gasteiger partial charge on any atom is -0.320 e. The summed E-state index contributed by atoms with van der Waals surface area (Å²) in [5, 5.41) is 2.33. The van der Waals surface area contributed by atoms with Gasteiger partial charge in [0.2, 0.25) is 0 Å². The van der Waals surface area contributed by atoms with Crippen molar-refractivity contribution in [3.63, 3.8) is 0 Å². The lowest BCUT2D eigenvalue weighted by Gasteiger charge is -2.02. The van der Waals surface area contributed by atoms with Gasteiger partial charge in [-0.25, -0.2) is 6.57 Å². The summed E-state index contributed by atoms with van der Waals surface area (Å²) in [4.78, 5) is 13.6. The first-order valence-corrected chi connectivity index (χ1v) is 5.58. The van der Waals surface area contributed by atoms with E-state index in [4.69, 9.17) is 11.1 Å². The van der Waals surface area contributed by atoms with Gasteiger partial charge in [0.15, 0.2) is 0 Å². The summed E-state index contributed by atoms with van der Waals surface area (Å²) in [6.07, 6.45) is 0. The molecule has 0 spiro atoms. The first kappa shape index (κ1) is 12.2. The van der Waals surface area contributed by atoms with Crippen LogP contribution in [0.2, 0.25) is 0 Å². The SMILES string of the molecule is [C-]#[N+]CC(=O)Nc1cccc(S(=O)(=O)O)c1. The van der Waals surface area contributed by atoms with E-state index in [0.29, 0.717) is 0 Å². The molecule has 0 aliphatic heterocycles. The van der Waals surface area contributed by atoms with Gasteiger partial charge < -0.3 is 10.2 Å². The number of anilines is 1. The fraction of sp³-hybridized carbons (Fsp3) is 0.111. The fourth-order valence-electron chi connectivity index (χ4n) is 1.01. The van der Waals surface area contributed by atoms with Gasteiger partial charge in [-0.1, -0.05) is 6.07 Å². The van der Waals surface area contributed by atoms with Gasteiger partial charge in [0.25, 0.3) is 16.7 Å². The van der Waals surface area contributed by atoms with E-state index >= 15 is 0 Å². The van der Waals surface area contributed by atoms with Crippen LogP contribution in [-0.2, 0) is 14.9 Å². The third-order valence-corrected chi connectivity index (χ3v) is 2.49. The van der Waals surface area contributed by atoms with Gasteiger partial charge in [-0.3, -0.25) is 9.35 Å². The maximum absolute atomic E-state index is 11.0. The molecule has 0 fully saturated rings. The summed E-state index contributed by atoms with van der Waals surface area (Å²) in [5.74, 6) is -0.539. The number of nitrogens with one attached hydrogen (secondary N) is 1. The number of benzene rings is 1. The van der Waals surface area contributed by atoms with Crippen LogP contribution in [-0.4, -0.2) is 25.4 Å². The lowest BCUT2D eigenvalue weighted by atomic mass is 10.3. The molecule has 0 radical (unpaired) electrons. The zero-order valence-electron chi connectivity index (χ0n) is 8.04. The van der Waals surface area contributed by atoms with Gasteiger partial charge in [0.05, 0.1) is 4.90 Å². The predicted molar refractivity (Wildman–Crippen MR) is 56.4 cm³/mol.